The molecule has 1 rings (SSSR count). The van der Waals surface area contributed by atoms with Crippen molar-refractivity contribution in [3.8, 4) is 0 Å². The summed E-state index contributed by atoms with van der Waals surface area (Å²) in [6, 6.07) is 1.24. The van der Waals surface area contributed by atoms with Crippen LogP contribution in [0.1, 0.15) is 6.42 Å². The number of ether oxygens (including phenoxy) is 1. The van der Waals surface area contributed by atoms with E-state index < -0.39 is 10.9 Å². The van der Waals surface area contributed by atoms with Gasteiger partial charge in [-0.1, -0.05) is 0 Å². The van der Waals surface area contributed by atoms with Crippen LogP contribution in [0.4, 0.5) is 5.82 Å². The molecule has 1 aromatic rings. The molecule has 0 aliphatic carbocycles. The standard InChI is InChI=1S/C9H12N4O5/c1-18-9(15)6-10-8(14)3-5-12-4-2-7(11-12)13(16)17/h2,4H,3,5-6H2,1H3,(H,10,14). The highest BCUT2D eigenvalue weighted by Crippen LogP contribution is 2.05. The molecule has 0 saturated carbocycles. The molecule has 0 aliphatic heterocycles. The maximum absolute atomic E-state index is 11.3. The smallest absolute Gasteiger partial charge is 0.389 e. The first-order valence-electron chi connectivity index (χ1n) is 5.04. The second-order valence-electron chi connectivity index (χ2n) is 3.30. The third-order valence-corrected chi connectivity index (χ3v) is 2.04. The van der Waals surface area contributed by atoms with Crippen LogP contribution in [0.25, 0.3) is 0 Å². The van der Waals surface area contributed by atoms with Crippen molar-refractivity contribution in [2.75, 3.05) is 13.7 Å². The minimum absolute atomic E-state index is 0.0653. The van der Waals surface area contributed by atoms with Crippen LogP contribution >= 0.6 is 0 Å². The first-order chi connectivity index (χ1) is 8.52. The molecule has 1 N–H and O–H groups in total. The minimum Gasteiger partial charge on any atom is -0.468 e. The van der Waals surface area contributed by atoms with Gasteiger partial charge < -0.3 is 20.2 Å². The maximum atomic E-state index is 11.3. The number of amides is 1. The first-order valence-corrected chi connectivity index (χ1v) is 5.04. The van der Waals surface area contributed by atoms with E-state index in [1.165, 1.54) is 24.1 Å². The molecule has 0 atom stereocenters. The Morgan fingerprint density at radius 2 is 2.33 bits per heavy atom. The predicted molar refractivity (Wildman–Crippen MR) is 58.5 cm³/mol. The van der Waals surface area contributed by atoms with Gasteiger partial charge in [-0.2, -0.15) is 4.68 Å². The van der Waals surface area contributed by atoms with Crippen molar-refractivity contribution in [1.29, 1.82) is 0 Å². The number of hydrogen-bond acceptors (Lipinski definition) is 6. The topological polar surface area (TPSA) is 116 Å². The number of nitrogens with zero attached hydrogens (tertiary/aromatic N) is 3. The van der Waals surface area contributed by atoms with Gasteiger partial charge in [0.25, 0.3) is 0 Å². The molecule has 1 heterocycles. The molecular weight excluding hydrogens is 244 g/mol. The Hall–Kier alpha value is -2.45. The SMILES string of the molecule is COC(=O)CNC(=O)CCn1ccc([N+](=O)[O-])n1. The Kier molecular flexibility index (Phi) is 4.78. The highest BCUT2D eigenvalue weighted by Gasteiger charge is 2.12. The van der Waals surface area contributed by atoms with Gasteiger partial charge in [-0.25, -0.2) is 0 Å². The molecule has 0 unspecified atom stereocenters. The largest absolute Gasteiger partial charge is 0.468 e. The summed E-state index contributed by atoms with van der Waals surface area (Å²) >= 11 is 0. The van der Waals surface area contributed by atoms with Gasteiger partial charge in [-0.15, -0.1) is 0 Å². The Labute approximate surface area is 102 Å². The quantitative estimate of drug-likeness (QED) is 0.415. The fraction of sp³-hybridized carbons (Fsp3) is 0.444. The monoisotopic (exact) mass is 256 g/mol. The Bertz CT molecular complexity index is 456. The molecule has 18 heavy (non-hydrogen) atoms. The zero-order valence-corrected chi connectivity index (χ0v) is 9.66. The lowest BCUT2D eigenvalue weighted by atomic mass is 10.4. The van der Waals surface area contributed by atoms with Gasteiger partial charge in [-0.3, -0.25) is 9.59 Å². The third kappa shape index (κ3) is 4.20. The number of carbonyl (C=O) groups is 2. The van der Waals surface area contributed by atoms with Crippen LogP contribution in [0, 0.1) is 10.1 Å². The van der Waals surface area contributed by atoms with Crippen LogP contribution in [0.5, 0.6) is 0 Å². The summed E-state index contributed by atoms with van der Waals surface area (Å²) in [4.78, 5) is 31.8. The predicted octanol–water partition coefficient (Wildman–Crippen LogP) is -0.529. The van der Waals surface area contributed by atoms with Gasteiger partial charge in [0.1, 0.15) is 6.54 Å². The van der Waals surface area contributed by atoms with E-state index in [2.05, 4.69) is 15.2 Å². The molecule has 0 aromatic carbocycles. The van der Waals surface area contributed by atoms with E-state index in [4.69, 9.17) is 0 Å². The summed E-state index contributed by atoms with van der Waals surface area (Å²) in [6.45, 7) is -0.00453. The average molecular weight is 256 g/mol. The van der Waals surface area contributed by atoms with Crippen molar-refractivity contribution in [1.82, 2.24) is 15.1 Å². The second kappa shape index (κ2) is 6.33. The number of carbonyl (C=O) groups excluding carboxylic acids is 2. The molecule has 0 spiro atoms. The highest BCUT2D eigenvalue weighted by atomic mass is 16.6. The molecule has 0 radical (unpaired) electrons. The van der Waals surface area contributed by atoms with Crippen LogP contribution in [0.2, 0.25) is 0 Å². The van der Waals surface area contributed by atoms with E-state index in [1.54, 1.807) is 0 Å². The number of hydrogen-bond donors (Lipinski definition) is 1. The van der Waals surface area contributed by atoms with Crippen LogP contribution in [0.15, 0.2) is 12.3 Å². The summed E-state index contributed by atoms with van der Waals surface area (Å²) < 4.78 is 5.63. The molecular formula is C9H12N4O5. The third-order valence-electron chi connectivity index (χ3n) is 2.04. The number of nitrogens with one attached hydrogen (secondary N) is 1. The van der Waals surface area contributed by atoms with Crippen molar-refractivity contribution in [3.05, 3.63) is 22.4 Å². The molecule has 0 aliphatic rings. The number of aryl methyl sites for hydroxylation is 1. The van der Waals surface area contributed by atoms with Crippen molar-refractivity contribution in [2.24, 2.45) is 0 Å². The summed E-state index contributed by atoms with van der Waals surface area (Å²) in [5, 5.41) is 16.3. The number of rotatable bonds is 6. The van der Waals surface area contributed by atoms with E-state index in [0.29, 0.717) is 0 Å². The molecule has 1 amide bonds. The first kappa shape index (κ1) is 13.6. The van der Waals surface area contributed by atoms with Crippen LogP contribution in [-0.2, 0) is 20.9 Å². The average Bonchev–Trinajstić information content (AvgIpc) is 2.82. The van der Waals surface area contributed by atoms with E-state index >= 15 is 0 Å². The summed E-state index contributed by atoms with van der Waals surface area (Å²) in [5.41, 5.74) is 0. The van der Waals surface area contributed by atoms with Crippen molar-refractivity contribution in [3.63, 3.8) is 0 Å². The van der Waals surface area contributed by atoms with E-state index in [9.17, 15) is 19.7 Å². The van der Waals surface area contributed by atoms with Gasteiger partial charge in [-0.05, 0) is 4.92 Å². The normalized spacial score (nSPS) is 9.83. The molecule has 1 aromatic heterocycles. The molecule has 0 fully saturated rings. The zero-order valence-electron chi connectivity index (χ0n) is 9.66. The Balaban J connectivity index is 2.33. The Morgan fingerprint density at radius 1 is 1.61 bits per heavy atom. The minimum atomic E-state index is -0.617. The van der Waals surface area contributed by atoms with Crippen LogP contribution in [-0.4, -0.2) is 40.2 Å². The summed E-state index contributed by atoms with van der Waals surface area (Å²) in [5.74, 6) is -1.18. The van der Waals surface area contributed by atoms with E-state index in [1.807, 2.05) is 0 Å². The van der Waals surface area contributed by atoms with Gasteiger partial charge in [0.05, 0.1) is 31.0 Å². The van der Waals surface area contributed by atoms with Gasteiger partial charge in [0.2, 0.25) is 5.91 Å². The number of methoxy groups -OCH3 is 1. The molecule has 0 bridgehead atoms. The number of esters is 1. The van der Waals surface area contributed by atoms with E-state index in [-0.39, 0.29) is 31.2 Å². The van der Waals surface area contributed by atoms with Gasteiger partial charge >= 0.3 is 11.8 Å². The molecule has 9 heteroatoms. The van der Waals surface area contributed by atoms with Gasteiger partial charge in [0.15, 0.2) is 0 Å². The van der Waals surface area contributed by atoms with Crippen molar-refractivity contribution in [2.45, 2.75) is 13.0 Å². The van der Waals surface area contributed by atoms with Crippen molar-refractivity contribution >= 4 is 17.7 Å². The molecule has 0 saturated heterocycles. The fourth-order valence-electron chi connectivity index (χ4n) is 1.12. The highest BCUT2D eigenvalue weighted by molar-refractivity contribution is 5.81. The lowest BCUT2D eigenvalue weighted by molar-refractivity contribution is -0.389. The lowest BCUT2D eigenvalue weighted by Gasteiger charge is -2.02. The molecule has 98 valence electrons. The summed E-state index contributed by atoms with van der Waals surface area (Å²) in [6.07, 6.45) is 1.47. The van der Waals surface area contributed by atoms with Crippen molar-refractivity contribution < 1.29 is 19.2 Å². The van der Waals surface area contributed by atoms with E-state index in [0.717, 1.165) is 0 Å². The summed E-state index contributed by atoms with van der Waals surface area (Å²) in [7, 11) is 1.22. The van der Waals surface area contributed by atoms with Crippen LogP contribution < -0.4 is 5.32 Å². The van der Waals surface area contributed by atoms with Gasteiger partial charge in [0, 0.05) is 6.42 Å². The fourth-order valence-corrected chi connectivity index (χ4v) is 1.12. The molecule has 9 nitrogen and oxygen atoms in total. The number of nitro groups is 1. The number of aromatic nitrogens is 2. The second-order valence-corrected chi connectivity index (χ2v) is 3.30. The zero-order chi connectivity index (χ0) is 13.5. The maximum Gasteiger partial charge on any atom is 0.389 e. The van der Waals surface area contributed by atoms with Crippen LogP contribution in [0.3, 0.4) is 0 Å². The Morgan fingerprint density at radius 3 is 2.89 bits per heavy atom. The lowest BCUT2D eigenvalue weighted by Crippen LogP contribution is -2.30.